The SMILES string of the molecule is CCn1c(SCC(=O)Nc2cccc([N+](=O)[O-])c2)nnc1-c1csc2c1CCC(C)C2. The fraction of sp³-hybridized carbons (Fsp3) is 0.381. The molecule has 0 saturated carbocycles. The minimum Gasteiger partial charge on any atom is -0.325 e. The van der Waals surface area contributed by atoms with Gasteiger partial charge in [0.1, 0.15) is 0 Å². The molecule has 0 aliphatic heterocycles. The van der Waals surface area contributed by atoms with Crippen LogP contribution in [0.2, 0.25) is 0 Å². The van der Waals surface area contributed by atoms with Gasteiger partial charge < -0.3 is 9.88 Å². The van der Waals surface area contributed by atoms with Crippen LogP contribution >= 0.6 is 23.1 Å². The summed E-state index contributed by atoms with van der Waals surface area (Å²) < 4.78 is 2.05. The van der Waals surface area contributed by atoms with Crippen LogP contribution in [0.4, 0.5) is 11.4 Å². The highest BCUT2D eigenvalue weighted by Gasteiger charge is 2.24. The Morgan fingerprint density at radius 3 is 3.03 bits per heavy atom. The number of hydrogen-bond donors (Lipinski definition) is 1. The second-order valence-corrected chi connectivity index (χ2v) is 9.50. The molecule has 0 saturated heterocycles. The van der Waals surface area contributed by atoms with Gasteiger partial charge in [0, 0.05) is 40.2 Å². The Balaban J connectivity index is 1.46. The summed E-state index contributed by atoms with van der Waals surface area (Å²) in [6, 6.07) is 5.90. The molecular formula is C21H23N5O3S2. The van der Waals surface area contributed by atoms with Crippen molar-refractivity contribution in [1.82, 2.24) is 14.8 Å². The molecule has 1 N–H and O–H groups in total. The van der Waals surface area contributed by atoms with Gasteiger partial charge in [0.25, 0.3) is 5.69 Å². The lowest BCUT2D eigenvalue weighted by Crippen LogP contribution is -2.14. The van der Waals surface area contributed by atoms with Gasteiger partial charge in [0.05, 0.1) is 10.7 Å². The van der Waals surface area contributed by atoms with Gasteiger partial charge in [0.2, 0.25) is 5.91 Å². The van der Waals surface area contributed by atoms with Gasteiger partial charge in [-0.15, -0.1) is 21.5 Å². The highest BCUT2D eigenvalue weighted by Crippen LogP contribution is 2.38. The number of nitro benzene ring substituents is 1. The summed E-state index contributed by atoms with van der Waals surface area (Å²) >= 11 is 3.11. The van der Waals surface area contributed by atoms with Crippen molar-refractivity contribution < 1.29 is 9.72 Å². The minimum absolute atomic E-state index is 0.0608. The quantitative estimate of drug-likeness (QED) is 0.311. The molecule has 0 fully saturated rings. The summed E-state index contributed by atoms with van der Waals surface area (Å²) in [5.41, 5.74) is 2.89. The lowest BCUT2D eigenvalue weighted by Gasteiger charge is -2.19. The third-order valence-corrected chi connectivity index (χ3v) is 7.37. The normalized spacial score (nSPS) is 15.5. The van der Waals surface area contributed by atoms with Crippen LogP contribution in [-0.4, -0.2) is 31.3 Å². The van der Waals surface area contributed by atoms with E-state index in [0.717, 1.165) is 30.1 Å². The summed E-state index contributed by atoms with van der Waals surface area (Å²) in [4.78, 5) is 24.2. The Hall–Kier alpha value is -2.72. The third-order valence-electron chi connectivity index (χ3n) is 5.35. The van der Waals surface area contributed by atoms with Crippen LogP contribution in [0, 0.1) is 16.0 Å². The van der Waals surface area contributed by atoms with Gasteiger partial charge in [-0.1, -0.05) is 24.8 Å². The Kier molecular flexibility index (Phi) is 6.38. The van der Waals surface area contributed by atoms with E-state index < -0.39 is 4.92 Å². The second kappa shape index (κ2) is 9.19. The summed E-state index contributed by atoms with van der Waals surface area (Å²) in [6.07, 6.45) is 3.39. The van der Waals surface area contributed by atoms with Gasteiger partial charge in [-0.3, -0.25) is 14.9 Å². The first-order chi connectivity index (χ1) is 15.0. The number of nitro groups is 1. The molecule has 1 aromatic carbocycles. The van der Waals surface area contributed by atoms with Crippen LogP contribution in [0.5, 0.6) is 0 Å². The zero-order chi connectivity index (χ0) is 22.0. The number of carbonyl (C=O) groups is 1. The maximum absolute atomic E-state index is 12.4. The van der Waals surface area contributed by atoms with Crippen molar-refractivity contribution in [3.63, 3.8) is 0 Å². The van der Waals surface area contributed by atoms with Gasteiger partial charge >= 0.3 is 0 Å². The van der Waals surface area contributed by atoms with E-state index in [1.165, 1.54) is 40.8 Å². The Morgan fingerprint density at radius 1 is 1.42 bits per heavy atom. The minimum atomic E-state index is -0.487. The van der Waals surface area contributed by atoms with E-state index in [4.69, 9.17) is 0 Å². The topological polar surface area (TPSA) is 103 Å². The number of rotatable bonds is 7. The number of hydrogen-bond acceptors (Lipinski definition) is 7. The molecule has 10 heteroatoms. The number of nitrogens with zero attached hydrogens (tertiary/aromatic N) is 4. The number of amides is 1. The summed E-state index contributed by atoms with van der Waals surface area (Å²) in [6.45, 7) is 5.05. The molecule has 1 aliphatic carbocycles. The standard InChI is InChI=1S/C21H23N5O3S2/c1-3-25-20(17-11-30-18-9-13(2)7-8-16(17)18)23-24-21(25)31-12-19(27)22-14-5-4-6-15(10-14)26(28)29/h4-6,10-11,13H,3,7-9,12H2,1-2H3,(H,22,27). The molecule has 1 unspecified atom stereocenters. The number of carbonyl (C=O) groups excluding carboxylic acids is 1. The maximum atomic E-state index is 12.4. The highest BCUT2D eigenvalue weighted by molar-refractivity contribution is 7.99. The zero-order valence-electron chi connectivity index (χ0n) is 17.3. The number of thiophene rings is 1. The van der Waals surface area contributed by atoms with Crippen molar-refractivity contribution in [3.05, 3.63) is 50.2 Å². The van der Waals surface area contributed by atoms with Crippen molar-refractivity contribution in [3.8, 4) is 11.4 Å². The average molecular weight is 458 g/mol. The predicted molar refractivity (Wildman–Crippen MR) is 123 cm³/mol. The molecule has 4 rings (SSSR count). The Labute approximate surface area is 188 Å². The number of non-ortho nitro benzene ring substituents is 1. The monoisotopic (exact) mass is 457 g/mol. The highest BCUT2D eigenvalue weighted by atomic mass is 32.2. The Morgan fingerprint density at radius 2 is 2.26 bits per heavy atom. The number of benzene rings is 1. The van der Waals surface area contributed by atoms with Crippen LogP contribution in [0.3, 0.4) is 0 Å². The number of aromatic nitrogens is 3. The molecule has 1 aliphatic rings. The smallest absolute Gasteiger partial charge is 0.271 e. The fourth-order valence-corrected chi connectivity index (χ4v) is 5.81. The molecular weight excluding hydrogens is 434 g/mol. The van der Waals surface area contributed by atoms with E-state index in [1.807, 2.05) is 11.5 Å². The van der Waals surface area contributed by atoms with Crippen LogP contribution in [0.1, 0.15) is 30.7 Å². The van der Waals surface area contributed by atoms with E-state index in [1.54, 1.807) is 23.5 Å². The molecule has 2 heterocycles. The van der Waals surface area contributed by atoms with E-state index in [-0.39, 0.29) is 17.3 Å². The maximum Gasteiger partial charge on any atom is 0.271 e. The van der Waals surface area contributed by atoms with Gasteiger partial charge in [-0.05, 0) is 43.7 Å². The van der Waals surface area contributed by atoms with E-state index in [0.29, 0.717) is 17.4 Å². The molecule has 8 nitrogen and oxygen atoms in total. The van der Waals surface area contributed by atoms with Crippen LogP contribution in [-0.2, 0) is 24.2 Å². The lowest BCUT2D eigenvalue weighted by molar-refractivity contribution is -0.384. The van der Waals surface area contributed by atoms with Crippen molar-refractivity contribution in [1.29, 1.82) is 0 Å². The number of anilines is 1. The molecule has 0 bridgehead atoms. The average Bonchev–Trinajstić information content (AvgIpc) is 3.35. The first-order valence-electron chi connectivity index (χ1n) is 10.2. The zero-order valence-corrected chi connectivity index (χ0v) is 19.0. The molecule has 0 radical (unpaired) electrons. The van der Waals surface area contributed by atoms with Crippen molar-refractivity contribution in [2.24, 2.45) is 5.92 Å². The number of fused-ring (bicyclic) bond motifs is 1. The fourth-order valence-electron chi connectivity index (χ4n) is 3.77. The molecule has 1 amide bonds. The summed E-state index contributed by atoms with van der Waals surface area (Å²) in [5, 5.41) is 25.3. The molecule has 1 atom stereocenters. The third kappa shape index (κ3) is 4.64. The summed E-state index contributed by atoms with van der Waals surface area (Å²) in [5.74, 6) is 1.47. The van der Waals surface area contributed by atoms with Crippen molar-refractivity contribution >= 4 is 40.4 Å². The van der Waals surface area contributed by atoms with Crippen molar-refractivity contribution in [2.45, 2.75) is 44.8 Å². The van der Waals surface area contributed by atoms with Gasteiger partial charge in [0.15, 0.2) is 11.0 Å². The number of thioether (sulfide) groups is 1. The van der Waals surface area contributed by atoms with Gasteiger partial charge in [-0.25, -0.2) is 0 Å². The molecule has 31 heavy (non-hydrogen) atoms. The lowest BCUT2D eigenvalue weighted by atomic mass is 9.88. The van der Waals surface area contributed by atoms with Gasteiger partial charge in [-0.2, -0.15) is 0 Å². The largest absolute Gasteiger partial charge is 0.325 e. The second-order valence-electron chi connectivity index (χ2n) is 7.59. The van der Waals surface area contributed by atoms with E-state index in [9.17, 15) is 14.9 Å². The first kappa shape index (κ1) is 21.5. The van der Waals surface area contributed by atoms with Crippen LogP contribution in [0.15, 0.2) is 34.8 Å². The molecule has 162 valence electrons. The predicted octanol–water partition coefficient (Wildman–Crippen LogP) is 4.79. The van der Waals surface area contributed by atoms with E-state index >= 15 is 0 Å². The van der Waals surface area contributed by atoms with E-state index in [2.05, 4.69) is 27.8 Å². The Bertz CT molecular complexity index is 1120. The van der Waals surface area contributed by atoms with Crippen molar-refractivity contribution in [2.75, 3.05) is 11.1 Å². The molecule has 2 aromatic heterocycles. The van der Waals surface area contributed by atoms with Crippen LogP contribution in [0.25, 0.3) is 11.4 Å². The molecule has 0 spiro atoms. The summed E-state index contributed by atoms with van der Waals surface area (Å²) in [7, 11) is 0. The van der Waals surface area contributed by atoms with Crippen LogP contribution < -0.4 is 5.32 Å². The molecule has 3 aromatic rings. The first-order valence-corrected chi connectivity index (χ1v) is 12.0. The number of nitrogens with one attached hydrogen (secondary N) is 1.